The summed E-state index contributed by atoms with van der Waals surface area (Å²) in [5, 5.41) is 3.50. The van der Waals surface area contributed by atoms with Crippen LogP contribution in [0.15, 0.2) is 29.3 Å². The lowest BCUT2D eigenvalue weighted by molar-refractivity contribution is 0.266. The van der Waals surface area contributed by atoms with E-state index in [0.717, 1.165) is 38.1 Å². The average Bonchev–Trinajstić information content (AvgIpc) is 2.49. The topological polar surface area (TPSA) is 30.9 Å². The Morgan fingerprint density at radius 2 is 1.91 bits per heavy atom. The molecule has 5 heteroatoms. The largest absolute Gasteiger partial charge is 0.352 e. The molecular weight excluding hydrogens is 399 g/mol. The highest BCUT2D eigenvalue weighted by atomic mass is 127. The molecule has 0 radical (unpaired) electrons. The molecule has 1 unspecified atom stereocenters. The van der Waals surface area contributed by atoms with E-state index >= 15 is 0 Å². The molecule has 1 aromatic rings. The molecule has 1 aliphatic rings. The van der Waals surface area contributed by atoms with Crippen LogP contribution in [0.2, 0.25) is 0 Å². The number of benzene rings is 1. The first kappa shape index (κ1) is 20.2. The van der Waals surface area contributed by atoms with E-state index in [0.29, 0.717) is 0 Å². The Balaban J connectivity index is 0.00000264. The molecule has 23 heavy (non-hydrogen) atoms. The number of nitrogens with one attached hydrogen (secondary N) is 1. The summed E-state index contributed by atoms with van der Waals surface area (Å²) in [7, 11) is 6.07. The molecule has 0 aliphatic carbocycles. The van der Waals surface area contributed by atoms with Crippen LogP contribution in [0.4, 0.5) is 0 Å². The van der Waals surface area contributed by atoms with Crippen molar-refractivity contribution in [2.75, 3.05) is 34.2 Å². The Hall–Kier alpha value is -0.820. The van der Waals surface area contributed by atoms with Crippen LogP contribution in [-0.4, -0.2) is 50.0 Å². The van der Waals surface area contributed by atoms with E-state index in [1.54, 1.807) is 0 Å². The van der Waals surface area contributed by atoms with E-state index < -0.39 is 0 Å². The van der Waals surface area contributed by atoms with Gasteiger partial charge in [0.25, 0.3) is 0 Å². The van der Waals surface area contributed by atoms with Gasteiger partial charge in [-0.1, -0.05) is 31.2 Å². The van der Waals surface area contributed by atoms with Crippen molar-refractivity contribution >= 4 is 29.9 Å². The van der Waals surface area contributed by atoms with Crippen LogP contribution >= 0.6 is 24.0 Å². The fraction of sp³-hybridized carbons (Fsp3) is 0.611. The Morgan fingerprint density at radius 3 is 2.48 bits per heavy atom. The summed E-state index contributed by atoms with van der Waals surface area (Å²) in [6.45, 7) is 6.37. The van der Waals surface area contributed by atoms with Crippen molar-refractivity contribution < 1.29 is 0 Å². The van der Waals surface area contributed by atoms with Crippen molar-refractivity contribution in [1.29, 1.82) is 0 Å². The van der Waals surface area contributed by atoms with Crippen LogP contribution in [0.5, 0.6) is 0 Å². The van der Waals surface area contributed by atoms with Crippen molar-refractivity contribution in [1.82, 2.24) is 15.1 Å². The highest BCUT2D eigenvalue weighted by molar-refractivity contribution is 14.0. The first-order valence-corrected chi connectivity index (χ1v) is 8.26. The number of hydrogen-bond acceptors (Lipinski definition) is 2. The van der Waals surface area contributed by atoms with Gasteiger partial charge in [0.15, 0.2) is 5.96 Å². The second-order valence-electron chi connectivity index (χ2n) is 6.65. The first-order chi connectivity index (χ1) is 10.6. The van der Waals surface area contributed by atoms with E-state index in [1.807, 2.05) is 7.05 Å². The van der Waals surface area contributed by atoms with Gasteiger partial charge in [-0.25, -0.2) is 0 Å². The molecule has 2 rings (SSSR count). The monoisotopic (exact) mass is 430 g/mol. The maximum atomic E-state index is 4.44. The normalized spacial score (nSPS) is 18.7. The zero-order valence-corrected chi connectivity index (χ0v) is 17.2. The van der Waals surface area contributed by atoms with Gasteiger partial charge < -0.3 is 15.1 Å². The Kier molecular flexibility index (Phi) is 8.91. The SMILES string of the molecule is CN=C(NCc1ccc(CN(C)C)cc1)N1CCCC(C)C1.I. The quantitative estimate of drug-likeness (QED) is 0.452. The summed E-state index contributed by atoms with van der Waals surface area (Å²) in [4.78, 5) is 9.01. The number of piperidine rings is 1. The van der Waals surface area contributed by atoms with E-state index in [-0.39, 0.29) is 24.0 Å². The summed E-state index contributed by atoms with van der Waals surface area (Å²) in [6, 6.07) is 8.83. The summed E-state index contributed by atoms with van der Waals surface area (Å²) in [5.41, 5.74) is 2.65. The number of guanidine groups is 1. The third-order valence-corrected chi connectivity index (χ3v) is 4.14. The standard InChI is InChI=1S/C18H30N4.HI/c1-15-6-5-11-22(13-15)18(19-2)20-12-16-7-9-17(10-8-16)14-21(3)4;/h7-10,15H,5-6,11-14H2,1-4H3,(H,19,20);1H. The minimum atomic E-state index is 0. The van der Waals surface area contributed by atoms with Gasteiger partial charge in [-0.3, -0.25) is 4.99 Å². The van der Waals surface area contributed by atoms with E-state index in [1.165, 1.54) is 24.0 Å². The third-order valence-electron chi connectivity index (χ3n) is 4.14. The van der Waals surface area contributed by atoms with Crippen molar-refractivity contribution in [3.63, 3.8) is 0 Å². The van der Waals surface area contributed by atoms with Crippen molar-refractivity contribution in [2.45, 2.75) is 32.9 Å². The maximum Gasteiger partial charge on any atom is 0.193 e. The number of halogens is 1. The lowest BCUT2D eigenvalue weighted by atomic mass is 10.0. The highest BCUT2D eigenvalue weighted by Gasteiger charge is 2.18. The third kappa shape index (κ3) is 6.67. The van der Waals surface area contributed by atoms with Crippen molar-refractivity contribution in [3.05, 3.63) is 35.4 Å². The molecule has 1 N–H and O–H groups in total. The lowest BCUT2D eigenvalue weighted by Crippen LogP contribution is -2.45. The molecule has 0 amide bonds. The Labute approximate surface area is 158 Å². The van der Waals surface area contributed by atoms with E-state index in [9.17, 15) is 0 Å². The molecule has 0 saturated carbocycles. The molecule has 1 saturated heterocycles. The summed E-state index contributed by atoms with van der Waals surface area (Å²) >= 11 is 0. The van der Waals surface area contributed by atoms with Crippen LogP contribution in [0, 0.1) is 5.92 Å². The van der Waals surface area contributed by atoms with Gasteiger partial charge in [-0.2, -0.15) is 0 Å². The van der Waals surface area contributed by atoms with E-state index in [2.05, 4.69) is 65.4 Å². The van der Waals surface area contributed by atoms with Gasteiger partial charge in [0.05, 0.1) is 0 Å². The zero-order valence-electron chi connectivity index (χ0n) is 14.9. The molecule has 1 aliphatic heterocycles. The molecule has 1 heterocycles. The molecule has 0 spiro atoms. The molecule has 4 nitrogen and oxygen atoms in total. The summed E-state index contributed by atoms with van der Waals surface area (Å²) in [5.74, 6) is 1.79. The fourth-order valence-corrected chi connectivity index (χ4v) is 3.02. The number of hydrogen-bond donors (Lipinski definition) is 1. The predicted molar refractivity (Wildman–Crippen MR) is 109 cm³/mol. The Morgan fingerprint density at radius 1 is 1.26 bits per heavy atom. The van der Waals surface area contributed by atoms with Crippen molar-refractivity contribution in [3.8, 4) is 0 Å². The lowest BCUT2D eigenvalue weighted by Gasteiger charge is -2.33. The Bertz CT molecular complexity index is 484. The number of nitrogens with zero attached hydrogens (tertiary/aromatic N) is 3. The maximum absolute atomic E-state index is 4.44. The molecule has 0 aromatic heterocycles. The minimum Gasteiger partial charge on any atom is -0.352 e. The van der Waals surface area contributed by atoms with Gasteiger partial charge in [0.2, 0.25) is 0 Å². The number of rotatable bonds is 4. The molecule has 1 fully saturated rings. The van der Waals surface area contributed by atoms with Crippen LogP contribution in [-0.2, 0) is 13.1 Å². The number of likely N-dealkylation sites (tertiary alicyclic amines) is 1. The summed E-state index contributed by atoms with van der Waals surface area (Å²) < 4.78 is 0. The molecule has 0 bridgehead atoms. The van der Waals surface area contributed by atoms with E-state index in [4.69, 9.17) is 0 Å². The second kappa shape index (κ2) is 10.1. The van der Waals surface area contributed by atoms with Gasteiger partial charge >= 0.3 is 0 Å². The average molecular weight is 430 g/mol. The smallest absolute Gasteiger partial charge is 0.193 e. The first-order valence-electron chi connectivity index (χ1n) is 8.26. The molecule has 1 atom stereocenters. The van der Waals surface area contributed by atoms with Crippen LogP contribution < -0.4 is 5.32 Å². The van der Waals surface area contributed by atoms with Crippen LogP contribution in [0.1, 0.15) is 30.9 Å². The van der Waals surface area contributed by atoms with Crippen molar-refractivity contribution in [2.24, 2.45) is 10.9 Å². The highest BCUT2D eigenvalue weighted by Crippen LogP contribution is 2.15. The summed E-state index contributed by atoms with van der Waals surface area (Å²) in [6.07, 6.45) is 2.60. The van der Waals surface area contributed by atoms with Crippen LogP contribution in [0.3, 0.4) is 0 Å². The van der Waals surface area contributed by atoms with Gasteiger partial charge in [0, 0.05) is 33.2 Å². The van der Waals surface area contributed by atoms with Gasteiger partial charge in [0.1, 0.15) is 0 Å². The zero-order chi connectivity index (χ0) is 15.9. The predicted octanol–water partition coefficient (Wildman–Crippen LogP) is 3.17. The molecular formula is C18H31IN4. The second-order valence-corrected chi connectivity index (χ2v) is 6.65. The molecule has 130 valence electrons. The molecule has 1 aromatic carbocycles. The number of aliphatic imine (C=N–C) groups is 1. The van der Waals surface area contributed by atoms with Gasteiger partial charge in [-0.05, 0) is 44.0 Å². The van der Waals surface area contributed by atoms with Gasteiger partial charge in [-0.15, -0.1) is 24.0 Å². The van der Waals surface area contributed by atoms with Crippen LogP contribution in [0.25, 0.3) is 0 Å². The minimum absolute atomic E-state index is 0. The fourth-order valence-electron chi connectivity index (χ4n) is 3.02.